The topological polar surface area (TPSA) is 59.1 Å². The molecule has 0 N–H and O–H groups in total. The lowest BCUT2D eigenvalue weighted by atomic mass is 10.1. The van der Waals surface area contributed by atoms with Crippen molar-refractivity contribution in [1.29, 1.82) is 0 Å². The SMILES string of the molecule is CC(=O)N1CCN(C(=O)C=Cc2ccc(Sc3ccc4c(c3)OCCO4)c(C(F)(F)F)c2)CC1. The van der Waals surface area contributed by atoms with Crippen LogP contribution in [0.2, 0.25) is 0 Å². The van der Waals surface area contributed by atoms with Gasteiger partial charge in [-0.25, -0.2) is 0 Å². The van der Waals surface area contributed by atoms with Crippen LogP contribution in [0.1, 0.15) is 18.1 Å². The number of hydrogen-bond donors (Lipinski definition) is 0. The van der Waals surface area contributed by atoms with Gasteiger partial charge < -0.3 is 19.3 Å². The van der Waals surface area contributed by atoms with Crippen LogP contribution < -0.4 is 9.47 Å². The molecule has 2 aromatic carbocycles. The van der Waals surface area contributed by atoms with E-state index in [2.05, 4.69) is 0 Å². The Balaban J connectivity index is 1.49. The molecule has 1 saturated heterocycles. The van der Waals surface area contributed by atoms with Crippen LogP contribution in [-0.4, -0.2) is 61.0 Å². The van der Waals surface area contributed by atoms with E-state index >= 15 is 0 Å². The fraction of sp³-hybridized carbons (Fsp3) is 0.333. The number of halogens is 3. The van der Waals surface area contributed by atoms with Crippen LogP contribution >= 0.6 is 11.8 Å². The molecule has 0 aliphatic carbocycles. The van der Waals surface area contributed by atoms with Crippen molar-refractivity contribution in [3.63, 3.8) is 0 Å². The van der Waals surface area contributed by atoms with Crippen LogP contribution in [0.5, 0.6) is 11.5 Å². The predicted octanol–water partition coefficient (Wildman–Crippen LogP) is 4.33. The van der Waals surface area contributed by atoms with Crippen molar-refractivity contribution in [2.45, 2.75) is 22.9 Å². The summed E-state index contributed by atoms with van der Waals surface area (Å²) in [6.45, 7) is 3.97. The van der Waals surface area contributed by atoms with E-state index in [0.717, 1.165) is 17.8 Å². The normalized spacial score (nSPS) is 16.1. The number of alkyl halides is 3. The van der Waals surface area contributed by atoms with E-state index in [4.69, 9.17) is 9.47 Å². The van der Waals surface area contributed by atoms with E-state index < -0.39 is 11.7 Å². The number of carbonyl (C=O) groups is 2. The second-order valence-corrected chi connectivity index (χ2v) is 8.94. The maximum Gasteiger partial charge on any atom is 0.417 e. The standard InChI is InChI=1S/C24H23F3N2O4S/c1-16(30)28-8-10-29(11-9-28)23(31)7-3-17-2-6-22(19(14-17)24(25,26)27)34-18-4-5-20-21(15-18)33-13-12-32-20/h2-7,14-15H,8-13H2,1H3. The highest BCUT2D eigenvalue weighted by Crippen LogP contribution is 2.42. The van der Waals surface area contributed by atoms with Crippen LogP contribution in [0.4, 0.5) is 13.2 Å². The van der Waals surface area contributed by atoms with Gasteiger partial charge in [0.2, 0.25) is 11.8 Å². The molecule has 2 aromatic rings. The maximum absolute atomic E-state index is 13.8. The lowest BCUT2D eigenvalue weighted by molar-refractivity contribution is -0.139. The van der Waals surface area contributed by atoms with Gasteiger partial charge in [-0.3, -0.25) is 9.59 Å². The van der Waals surface area contributed by atoms with Crippen LogP contribution in [0, 0.1) is 0 Å². The van der Waals surface area contributed by atoms with E-state index in [0.29, 0.717) is 55.8 Å². The molecular formula is C24H23F3N2O4S. The van der Waals surface area contributed by atoms with Crippen molar-refractivity contribution in [3.8, 4) is 11.5 Å². The third-order valence-corrected chi connectivity index (χ3v) is 6.57. The van der Waals surface area contributed by atoms with Crippen LogP contribution in [0.3, 0.4) is 0 Å². The lowest BCUT2D eigenvalue weighted by Gasteiger charge is -2.33. The van der Waals surface area contributed by atoms with Gasteiger partial charge in [-0.05, 0) is 42.0 Å². The Kier molecular flexibility index (Phi) is 7.06. The number of benzene rings is 2. The quantitative estimate of drug-likeness (QED) is 0.595. The number of nitrogens with zero attached hydrogens (tertiary/aromatic N) is 2. The molecule has 0 radical (unpaired) electrons. The van der Waals surface area contributed by atoms with Crippen LogP contribution in [0.15, 0.2) is 52.3 Å². The maximum atomic E-state index is 13.8. The third kappa shape index (κ3) is 5.67. The minimum atomic E-state index is -4.56. The Morgan fingerprint density at radius 3 is 2.29 bits per heavy atom. The van der Waals surface area contributed by atoms with Crippen LogP contribution in [0.25, 0.3) is 6.08 Å². The number of carbonyl (C=O) groups excluding carboxylic acids is 2. The van der Waals surface area contributed by atoms with Crippen molar-refractivity contribution >= 4 is 29.7 Å². The van der Waals surface area contributed by atoms with Gasteiger partial charge in [0.05, 0.1) is 5.56 Å². The summed E-state index contributed by atoms with van der Waals surface area (Å²) in [5, 5.41) is 0. The Bertz CT molecular complexity index is 1110. The summed E-state index contributed by atoms with van der Waals surface area (Å²) in [7, 11) is 0. The number of amides is 2. The first-order valence-corrected chi connectivity index (χ1v) is 11.5. The molecule has 0 unspecified atom stereocenters. The molecule has 4 rings (SSSR count). The highest BCUT2D eigenvalue weighted by atomic mass is 32.2. The monoisotopic (exact) mass is 492 g/mol. The summed E-state index contributed by atoms with van der Waals surface area (Å²) < 4.78 is 52.4. The van der Waals surface area contributed by atoms with Crippen molar-refractivity contribution in [1.82, 2.24) is 9.80 Å². The zero-order chi connectivity index (χ0) is 24.3. The molecule has 0 aromatic heterocycles. The summed E-state index contributed by atoms with van der Waals surface area (Å²) in [4.78, 5) is 27.7. The number of hydrogen-bond acceptors (Lipinski definition) is 5. The highest BCUT2D eigenvalue weighted by molar-refractivity contribution is 7.99. The van der Waals surface area contributed by atoms with Crippen LogP contribution in [-0.2, 0) is 15.8 Å². The summed E-state index contributed by atoms with van der Waals surface area (Å²) in [5.41, 5.74) is -0.508. The smallest absolute Gasteiger partial charge is 0.417 e. The van der Waals surface area contributed by atoms with Gasteiger partial charge in [0.15, 0.2) is 11.5 Å². The molecule has 180 valence electrons. The second kappa shape index (κ2) is 10.0. The Morgan fingerprint density at radius 2 is 1.62 bits per heavy atom. The van der Waals surface area contributed by atoms with Crippen molar-refractivity contribution in [2.75, 3.05) is 39.4 Å². The number of rotatable bonds is 4. The van der Waals surface area contributed by atoms with Gasteiger partial charge in [-0.2, -0.15) is 13.2 Å². The molecule has 6 nitrogen and oxygen atoms in total. The summed E-state index contributed by atoms with van der Waals surface area (Å²) >= 11 is 0.985. The Morgan fingerprint density at radius 1 is 0.941 bits per heavy atom. The molecule has 2 aliphatic heterocycles. The number of fused-ring (bicyclic) bond motifs is 1. The Hall–Kier alpha value is -3.14. The molecule has 2 amide bonds. The first-order chi connectivity index (χ1) is 16.2. The first kappa shape index (κ1) is 24.0. The van der Waals surface area contributed by atoms with E-state index in [-0.39, 0.29) is 22.3 Å². The number of ether oxygens (including phenoxy) is 2. The molecule has 34 heavy (non-hydrogen) atoms. The average molecular weight is 493 g/mol. The third-order valence-electron chi connectivity index (χ3n) is 5.51. The van der Waals surface area contributed by atoms with Crippen molar-refractivity contribution < 1.29 is 32.2 Å². The fourth-order valence-electron chi connectivity index (χ4n) is 3.69. The minimum absolute atomic E-state index is 0.0449. The second-order valence-electron chi connectivity index (χ2n) is 7.83. The van der Waals surface area contributed by atoms with E-state index in [1.165, 1.54) is 25.1 Å². The molecule has 2 aliphatic rings. The van der Waals surface area contributed by atoms with E-state index in [1.807, 2.05) is 0 Å². The zero-order valence-electron chi connectivity index (χ0n) is 18.4. The molecule has 0 spiro atoms. The van der Waals surface area contributed by atoms with Gasteiger partial charge >= 0.3 is 6.18 Å². The predicted molar refractivity (Wildman–Crippen MR) is 121 cm³/mol. The van der Waals surface area contributed by atoms with Gasteiger partial charge in [0.25, 0.3) is 0 Å². The first-order valence-electron chi connectivity index (χ1n) is 10.7. The molecular weight excluding hydrogens is 469 g/mol. The Labute approximate surface area is 199 Å². The summed E-state index contributed by atoms with van der Waals surface area (Å²) in [5.74, 6) is 0.731. The average Bonchev–Trinajstić information content (AvgIpc) is 2.82. The summed E-state index contributed by atoms with van der Waals surface area (Å²) in [6, 6.07) is 9.03. The molecule has 0 bridgehead atoms. The van der Waals surface area contributed by atoms with E-state index in [1.54, 1.807) is 34.1 Å². The molecule has 10 heteroatoms. The minimum Gasteiger partial charge on any atom is -0.486 e. The van der Waals surface area contributed by atoms with Crippen molar-refractivity contribution in [2.24, 2.45) is 0 Å². The zero-order valence-corrected chi connectivity index (χ0v) is 19.2. The lowest BCUT2D eigenvalue weighted by Crippen LogP contribution is -2.49. The summed E-state index contributed by atoms with van der Waals surface area (Å²) in [6.07, 6.45) is -1.91. The molecule has 0 atom stereocenters. The molecule has 0 saturated carbocycles. The van der Waals surface area contributed by atoms with E-state index in [9.17, 15) is 22.8 Å². The van der Waals surface area contributed by atoms with Gasteiger partial charge in [-0.15, -0.1) is 0 Å². The van der Waals surface area contributed by atoms with Crippen molar-refractivity contribution in [3.05, 3.63) is 53.6 Å². The van der Waals surface area contributed by atoms with Gasteiger partial charge in [0, 0.05) is 49.0 Å². The molecule has 2 heterocycles. The number of piperazine rings is 1. The van der Waals surface area contributed by atoms with Gasteiger partial charge in [-0.1, -0.05) is 17.8 Å². The largest absolute Gasteiger partial charge is 0.486 e. The highest BCUT2D eigenvalue weighted by Gasteiger charge is 2.34. The fourth-order valence-corrected chi connectivity index (χ4v) is 4.67. The molecule has 1 fully saturated rings. The van der Waals surface area contributed by atoms with Gasteiger partial charge in [0.1, 0.15) is 13.2 Å².